The number of hydrogen-bond acceptors (Lipinski definition) is 3. The zero-order valence-electron chi connectivity index (χ0n) is 7.79. The Balaban J connectivity index is 2.72. The van der Waals surface area contributed by atoms with Gasteiger partial charge in [0.05, 0.1) is 11.6 Å². The van der Waals surface area contributed by atoms with Crippen LogP contribution in [0.4, 0.5) is 0 Å². The highest BCUT2D eigenvalue weighted by atomic mass is 16.4. The summed E-state index contributed by atoms with van der Waals surface area (Å²) in [7, 11) is 0. The first-order valence-electron chi connectivity index (χ1n) is 4.38. The van der Waals surface area contributed by atoms with Gasteiger partial charge in [0, 0.05) is 11.4 Å². The number of hydrogen-bond donors (Lipinski definition) is 1. The topological polar surface area (TPSA) is 62.0 Å². The molecule has 1 heterocycles. The summed E-state index contributed by atoms with van der Waals surface area (Å²) in [5.41, 5.74) is -0.0631. The molecule has 1 aromatic carbocycles. The van der Waals surface area contributed by atoms with E-state index in [-0.39, 0.29) is 5.70 Å². The van der Waals surface area contributed by atoms with Crippen LogP contribution in [0, 0.1) is 0 Å². The zero-order valence-corrected chi connectivity index (χ0v) is 7.79. The first-order valence-corrected chi connectivity index (χ1v) is 4.38. The molecular weight excluding hydrogens is 192 g/mol. The van der Waals surface area contributed by atoms with Crippen LogP contribution < -0.4 is 10.6 Å². The maximum Gasteiger partial charge on any atom is 0.356 e. The second kappa shape index (κ2) is 3.88. The summed E-state index contributed by atoms with van der Waals surface area (Å²) in [6.07, 6.45) is 4.57. The molecule has 74 valence electrons. The van der Waals surface area contributed by atoms with Crippen molar-refractivity contribution in [2.24, 2.45) is 9.98 Å². The van der Waals surface area contributed by atoms with E-state index in [2.05, 4.69) is 9.98 Å². The standard InChI is InChI=1S/C11H8N2O2/c14-11(15)10-7-12-6-5-8-3-1-2-4-9(8)13-10/h1-7H,(H,14,15). The molecule has 0 saturated carbocycles. The van der Waals surface area contributed by atoms with Gasteiger partial charge < -0.3 is 5.11 Å². The van der Waals surface area contributed by atoms with Gasteiger partial charge in [-0.15, -0.1) is 0 Å². The third-order valence-corrected chi connectivity index (χ3v) is 1.93. The molecule has 0 aromatic heterocycles. The number of aliphatic imine (C=N–C) groups is 1. The largest absolute Gasteiger partial charge is 0.476 e. The lowest BCUT2D eigenvalue weighted by molar-refractivity contribution is -0.132. The van der Waals surface area contributed by atoms with Gasteiger partial charge in [-0.05, 0) is 12.1 Å². The molecule has 2 rings (SSSR count). The van der Waals surface area contributed by atoms with E-state index in [1.165, 1.54) is 6.20 Å². The fourth-order valence-corrected chi connectivity index (χ4v) is 1.23. The Labute approximate surface area is 85.6 Å². The number of carboxylic acids is 1. The minimum Gasteiger partial charge on any atom is -0.476 e. The highest BCUT2D eigenvalue weighted by Gasteiger charge is 2.04. The first kappa shape index (κ1) is 9.33. The van der Waals surface area contributed by atoms with E-state index in [1.807, 2.05) is 18.2 Å². The van der Waals surface area contributed by atoms with Crippen molar-refractivity contribution in [1.82, 2.24) is 0 Å². The van der Waals surface area contributed by atoms with Gasteiger partial charge in [0.25, 0.3) is 0 Å². The second-order valence-electron chi connectivity index (χ2n) is 2.95. The van der Waals surface area contributed by atoms with Crippen molar-refractivity contribution in [3.63, 3.8) is 0 Å². The Morgan fingerprint density at radius 3 is 2.87 bits per heavy atom. The van der Waals surface area contributed by atoms with E-state index >= 15 is 0 Å². The predicted molar refractivity (Wildman–Crippen MR) is 55.9 cm³/mol. The minimum atomic E-state index is -1.08. The summed E-state index contributed by atoms with van der Waals surface area (Å²) >= 11 is 0. The quantitative estimate of drug-likeness (QED) is 0.698. The average molecular weight is 200 g/mol. The van der Waals surface area contributed by atoms with E-state index in [0.717, 1.165) is 5.22 Å². The molecule has 0 spiro atoms. The summed E-state index contributed by atoms with van der Waals surface area (Å²) in [4.78, 5) is 18.6. The van der Waals surface area contributed by atoms with Crippen LogP contribution in [0.2, 0.25) is 0 Å². The molecule has 15 heavy (non-hydrogen) atoms. The van der Waals surface area contributed by atoms with Crippen molar-refractivity contribution < 1.29 is 9.90 Å². The molecule has 4 heteroatoms. The fraction of sp³-hybridized carbons (Fsp3) is 0. The van der Waals surface area contributed by atoms with Gasteiger partial charge >= 0.3 is 5.97 Å². The van der Waals surface area contributed by atoms with E-state index < -0.39 is 5.97 Å². The third-order valence-electron chi connectivity index (χ3n) is 1.93. The van der Waals surface area contributed by atoms with Gasteiger partial charge in [-0.1, -0.05) is 18.2 Å². The van der Waals surface area contributed by atoms with Crippen molar-refractivity contribution >= 4 is 18.3 Å². The monoisotopic (exact) mass is 200 g/mol. The van der Waals surface area contributed by atoms with Crippen LogP contribution in [0.1, 0.15) is 0 Å². The van der Waals surface area contributed by atoms with Crippen molar-refractivity contribution in [1.29, 1.82) is 0 Å². The second-order valence-corrected chi connectivity index (χ2v) is 2.95. The van der Waals surface area contributed by atoms with Gasteiger partial charge in [0.1, 0.15) is 0 Å². The zero-order chi connectivity index (χ0) is 10.7. The molecule has 0 amide bonds. The van der Waals surface area contributed by atoms with Crippen LogP contribution >= 0.6 is 0 Å². The third kappa shape index (κ3) is 1.99. The highest BCUT2D eigenvalue weighted by molar-refractivity contribution is 5.92. The Kier molecular flexibility index (Phi) is 2.41. The molecule has 1 aliphatic heterocycles. The summed E-state index contributed by atoms with van der Waals surface area (Å²) in [6.45, 7) is 0. The SMILES string of the molecule is O=C(O)C1=CN=CC=c2ccccc2=N1. The molecule has 0 saturated heterocycles. The van der Waals surface area contributed by atoms with Crippen LogP contribution in [0.15, 0.2) is 46.1 Å². The molecule has 0 bridgehead atoms. The Bertz CT molecular complexity index is 570. The van der Waals surface area contributed by atoms with E-state index in [9.17, 15) is 4.79 Å². The summed E-state index contributed by atoms with van der Waals surface area (Å²) < 4.78 is 0. The van der Waals surface area contributed by atoms with Crippen molar-refractivity contribution in [2.75, 3.05) is 0 Å². The molecule has 0 aliphatic carbocycles. The highest BCUT2D eigenvalue weighted by Crippen LogP contribution is 1.96. The van der Waals surface area contributed by atoms with Crippen LogP contribution in [-0.2, 0) is 4.79 Å². The average Bonchev–Trinajstić information content (AvgIpc) is 2.18. The van der Waals surface area contributed by atoms with Crippen LogP contribution in [0.3, 0.4) is 0 Å². The smallest absolute Gasteiger partial charge is 0.356 e. The Morgan fingerprint density at radius 1 is 1.27 bits per heavy atom. The predicted octanol–water partition coefficient (Wildman–Crippen LogP) is 0.0971. The first-order chi connectivity index (χ1) is 7.27. The number of para-hydroxylation sites is 1. The Hall–Kier alpha value is -2.23. The van der Waals surface area contributed by atoms with Gasteiger partial charge in [-0.25, -0.2) is 9.79 Å². The molecule has 0 atom stereocenters. The van der Waals surface area contributed by atoms with Gasteiger partial charge in [0.15, 0.2) is 5.70 Å². The van der Waals surface area contributed by atoms with Crippen LogP contribution in [0.25, 0.3) is 6.08 Å². The van der Waals surface area contributed by atoms with Gasteiger partial charge in [0.2, 0.25) is 0 Å². The number of carboxylic acid groups (broad SMARTS) is 1. The van der Waals surface area contributed by atoms with Crippen LogP contribution in [0.5, 0.6) is 0 Å². The lowest BCUT2D eigenvalue weighted by atomic mass is 10.2. The van der Waals surface area contributed by atoms with Gasteiger partial charge in [-0.3, -0.25) is 4.99 Å². The number of fused-ring (bicyclic) bond motifs is 1. The molecule has 1 aromatic rings. The molecule has 1 aliphatic rings. The van der Waals surface area contributed by atoms with E-state index in [0.29, 0.717) is 5.36 Å². The number of rotatable bonds is 1. The maximum atomic E-state index is 10.8. The van der Waals surface area contributed by atoms with Crippen molar-refractivity contribution in [3.8, 4) is 0 Å². The minimum absolute atomic E-state index is 0.0631. The number of nitrogens with zero attached hydrogens (tertiary/aromatic N) is 2. The van der Waals surface area contributed by atoms with Crippen molar-refractivity contribution in [3.05, 3.63) is 46.7 Å². The molecule has 1 N–H and O–H groups in total. The van der Waals surface area contributed by atoms with E-state index in [4.69, 9.17) is 5.11 Å². The number of benzene rings is 1. The van der Waals surface area contributed by atoms with E-state index in [1.54, 1.807) is 18.4 Å². The molecule has 0 fully saturated rings. The lowest BCUT2D eigenvalue weighted by Crippen LogP contribution is -2.25. The fourth-order valence-electron chi connectivity index (χ4n) is 1.23. The number of aliphatic carboxylic acids is 1. The maximum absolute atomic E-state index is 10.8. The Morgan fingerprint density at radius 2 is 2.07 bits per heavy atom. The molecule has 0 unspecified atom stereocenters. The normalized spacial score (nSPS) is 13.7. The van der Waals surface area contributed by atoms with Crippen LogP contribution in [-0.4, -0.2) is 17.3 Å². The number of carbonyl (C=O) groups is 1. The molecule has 4 nitrogen and oxygen atoms in total. The summed E-state index contributed by atoms with van der Waals surface area (Å²) in [5.74, 6) is -1.08. The van der Waals surface area contributed by atoms with Gasteiger partial charge in [-0.2, -0.15) is 0 Å². The molecule has 0 radical (unpaired) electrons. The lowest BCUT2D eigenvalue weighted by Gasteiger charge is -1.95. The summed E-state index contributed by atoms with van der Waals surface area (Å²) in [6, 6.07) is 7.30. The van der Waals surface area contributed by atoms with Crippen molar-refractivity contribution in [2.45, 2.75) is 0 Å². The summed E-state index contributed by atoms with van der Waals surface area (Å²) in [5, 5.41) is 10.3. The molecular formula is C11H8N2O2.